The molecule has 158 valence electrons. The Hall–Kier alpha value is -3.21. The number of benzene rings is 2. The summed E-state index contributed by atoms with van der Waals surface area (Å²) in [4.78, 5) is 25.4. The molecule has 0 spiro atoms. The number of carbonyl (C=O) groups excluding carboxylic acids is 1. The summed E-state index contributed by atoms with van der Waals surface area (Å²) in [5.41, 5.74) is 2.93. The van der Waals surface area contributed by atoms with E-state index in [4.69, 9.17) is 16.9 Å². The zero-order chi connectivity index (χ0) is 21.8. The number of halogens is 1. The monoisotopic (exact) mass is 434 g/mol. The van der Waals surface area contributed by atoms with Gasteiger partial charge in [-0.1, -0.05) is 17.7 Å². The van der Waals surface area contributed by atoms with Gasteiger partial charge < -0.3 is 15.1 Å². The van der Waals surface area contributed by atoms with E-state index in [0.717, 1.165) is 42.6 Å². The van der Waals surface area contributed by atoms with Gasteiger partial charge in [0.15, 0.2) is 0 Å². The quantitative estimate of drug-likeness (QED) is 0.663. The van der Waals surface area contributed by atoms with Gasteiger partial charge in [-0.05, 0) is 49.4 Å². The molecule has 1 aliphatic heterocycles. The first-order chi connectivity index (χ1) is 15.0. The van der Waals surface area contributed by atoms with Gasteiger partial charge in [0.25, 0.3) is 5.91 Å². The third kappa shape index (κ3) is 4.76. The lowest BCUT2D eigenvalue weighted by molar-refractivity contribution is 0.0664. The topological polar surface area (TPSA) is 85.2 Å². The van der Waals surface area contributed by atoms with E-state index in [1.54, 1.807) is 12.1 Å². The molecule has 3 aromatic rings. The number of hydrogen-bond donors (Lipinski definition) is 1. The van der Waals surface area contributed by atoms with Crippen molar-refractivity contribution in [2.24, 2.45) is 0 Å². The lowest BCUT2D eigenvalue weighted by Gasteiger charge is -2.32. The number of amides is 1. The average molecular weight is 435 g/mol. The normalized spacial score (nSPS) is 14.4. The van der Waals surface area contributed by atoms with Crippen molar-refractivity contribution in [3.63, 3.8) is 0 Å². The highest BCUT2D eigenvalue weighted by Crippen LogP contribution is 2.22. The predicted octanol–water partition coefficient (Wildman–Crippen LogP) is 3.20. The second-order valence-corrected chi connectivity index (χ2v) is 8.06. The molecule has 0 unspecified atom stereocenters. The van der Waals surface area contributed by atoms with Gasteiger partial charge in [-0.25, -0.2) is 9.97 Å². The largest absolute Gasteiger partial charge is 0.369 e. The van der Waals surface area contributed by atoms with Crippen molar-refractivity contribution in [2.75, 3.05) is 45.1 Å². The molecular formula is C23H23ClN6O. The van der Waals surface area contributed by atoms with Crippen LogP contribution in [0, 0.1) is 11.3 Å². The van der Waals surface area contributed by atoms with Crippen LogP contribution >= 0.6 is 11.6 Å². The van der Waals surface area contributed by atoms with Crippen molar-refractivity contribution >= 4 is 34.2 Å². The van der Waals surface area contributed by atoms with Crippen molar-refractivity contribution in [3.05, 3.63) is 64.4 Å². The summed E-state index contributed by atoms with van der Waals surface area (Å²) in [5.74, 6) is 0.679. The molecule has 1 aromatic heterocycles. The molecule has 7 nitrogen and oxygen atoms in total. The minimum Gasteiger partial charge on any atom is -0.369 e. The molecule has 1 fully saturated rings. The molecule has 0 saturated carbocycles. The molecule has 1 N–H and O–H groups in total. The van der Waals surface area contributed by atoms with Crippen LogP contribution in [0.3, 0.4) is 0 Å². The van der Waals surface area contributed by atoms with E-state index in [-0.39, 0.29) is 5.91 Å². The van der Waals surface area contributed by atoms with Gasteiger partial charge in [0.2, 0.25) is 0 Å². The Morgan fingerprint density at radius 3 is 2.71 bits per heavy atom. The van der Waals surface area contributed by atoms with Crippen molar-refractivity contribution in [1.29, 1.82) is 5.26 Å². The highest BCUT2D eigenvalue weighted by Gasteiger charge is 2.22. The Balaban J connectivity index is 1.41. The molecular weight excluding hydrogens is 412 g/mol. The van der Waals surface area contributed by atoms with Crippen molar-refractivity contribution in [1.82, 2.24) is 19.8 Å². The second-order valence-electron chi connectivity index (χ2n) is 7.65. The van der Waals surface area contributed by atoms with E-state index in [9.17, 15) is 4.79 Å². The van der Waals surface area contributed by atoms with Crippen LogP contribution in [-0.2, 0) is 6.42 Å². The Labute approximate surface area is 186 Å². The zero-order valence-electron chi connectivity index (χ0n) is 17.3. The van der Waals surface area contributed by atoms with Crippen LogP contribution < -0.4 is 5.32 Å². The Morgan fingerprint density at radius 1 is 1.16 bits per heavy atom. The second kappa shape index (κ2) is 9.29. The maximum absolute atomic E-state index is 12.8. The number of nitriles is 1. The minimum absolute atomic E-state index is 0.0106. The van der Waals surface area contributed by atoms with Crippen molar-refractivity contribution in [2.45, 2.75) is 6.42 Å². The van der Waals surface area contributed by atoms with E-state index in [1.807, 2.05) is 29.2 Å². The first kappa shape index (κ1) is 21.0. The summed E-state index contributed by atoms with van der Waals surface area (Å²) in [7, 11) is 2.06. The summed E-state index contributed by atoms with van der Waals surface area (Å²) in [6, 6.07) is 13.1. The van der Waals surface area contributed by atoms with Crippen LogP contribution in [0.4, 0.5) is 5.82 Å². The van der Waals surface area contributed by atoms with Gasteiger partial charge in [-0.2, -0.15) is 5.26 Å². The summed E-state index contributed by atoms with van der Waals surface area (Å²) >= 11 is 6.45. The third-order valence-electron chi connectivity index (χ3n) is 5.52. The van der Waals surface area contributed by atoms with Gasteiger partial charge in [0.1, 0.15) is 12.1 Å². The number of hydrogen-bond acceptors (Lipinski definition) is 6. The molecule has 4 rings (SSSR count). The lowest BCUT2D eigenvalue weighted by Crippen LogP contribution is -2.47. The first-order valence-corrected chi connectivity index (χ1v) is 10.6. The van der Waals surface area contributed by atoms with Gasteiger partial charge >= 0.3 is 0 Å². The summed E-state index contributed by atoms with van der Waals surface area (Å²) in [5, 5.41) is 13.8. The van der Waals surface area contributed by atoms with E-state index in [1.165, 1.54) is 6.33 Å². The number of piperazine rings is 1. The fourth-order valence-corrected chi connectivity index (χ4v) is 3.94. The Morgan fingerprint density at radius 2 is 1.97 bits per heavy atom. The van der Waals surface area contributed by atoms with Crippen LogP contribution in [0.1, 0.15) is 21.5 Å². The van der Waals surface area contributed by atoms with Gasteiger partial charge in [-0.15, -0.1) is 0 Å². The number of nitrogens with zero attached hydrogens (tertiary/aromatic N) is 5. The van der Waals surface area contributed by atoms with Crippen LogP contribution in [0.5, 0.6) is 0 Å². The molecule has 1 saturated heterocycles. The third-order valence-corrected chi connectivity index (χ3v) is 5.84. The Kier molecular flexibility index (Phi) is 6.31. The number of carbonyl (C=O) groups is 1. The summed E-state index contributed by atoms with van der Waals surface area (Å²) in [6.45, 7) is 3.82. The van der Waals surface area contributed by atoms with Crippen LogP contribution in [-0.4, -0.2) is 65.4 Å². The number of anilines is 1. The molecule has 1 aliphatic rings. The van der Waals surface area contributed by atoms with Gasteiger partial charge in [0.05, 0.1) is 27.7 Å². The van der Waals surface area contributed by atoms with Crippen molar-refractivity contribution < 1.29 is 4.79 Å². The van der Waals surface area contributed by atoms with Crippen molar-refractivity contribution in [3.8, 4) is 6.07 Å². The summed E-state index contributed by atoms with van der Waals surface area (Å²) < 4.78 is 0. The maximum atomic E-state index is 12.8. The molecule has 0 radical (unpaired) electrons. The zero-order valence-corrected chi connectivity index (χ0v) is 18.1. The molecule has 0 aliphatic carbocycles. The van der Waals surface area contributed by atoms with E-state index in [0.29, 0.717) is 34.9 Å². The number of fused-ring (bicyclic) bond motifs is 1. The van der Waals surface area contributed by atoms with E-state index in [2.05, 4.69) is 33.3 Å². The fraction of sp³-hybridized carbons (Fsp3) is 0.304. The summed E-state index contributed by atoms with van der Waals surface area (Å²) in [6.07, 6.45) is 2.22. The standard InChI is InChI=1S/C23H23ClN6O/c1-29-8-10-30(11-9-29)23(31)18-4-2-16(13-20(18)24)6-7-26-22-19-12-17(14-25)3-5-21(19)27-15-28-22/h2-5,12-13,15H,6-11H2,1H3,(H,26,27,28). The minimum atomic E-state index is -0.0106. The molecule has 2 aromatic carbocycles. The van der Waals surface area contributed by atoms with Crippen LogP contribution in [0.2, 0.25) is 5.02 Å². The molecule has 0 bridgehead atoms. The number of aromatic nitrogens is 2. The molecule has 1 amide bonds. The average Bonchev–Trinajstić information content (AvgIpc) is 2.79. The van der Waals surface area contributed by atoms with Gasteiger partial charge in [0, 0.05) is 38.1 Å². The first-order valence-electron chi connectivity index (χ1n) is 10.2. The number of nitrogens with one attached hydrogen (secondary N) is 1. The maximum Gasteiger partial charge on any atom is 0.255 e. The molecule has 31 heavy (non-hydrogen) atoms. The smallest absolute Gasteiger partial charge is 0.255 e. The van der Waals surface area contributed by atoms with Gasteiger partial charge in [-0.3, -0.25) is 4.79 Å². The fourth-order valence-electron chi connectivity index (χ4n) is 3.66. The highest BCUT2D eigenvalue weighted by atomic mass is 35.5. The lowest BCUT2D eigenvalue weighted by atomic mass is 10.1. The molecule has 8 heteroatoms. The van der Waals surface area contributed by atoms with Crippen LogP contribution in [0.15, 0.2) is 42.7 Å². The number of rotatable bonds is 5. The SMILES string of the molecule is CN1CCN(C(=O)c2ccc(CCNc3ncnc4ccc(C#N)cc34)cc2Cl)CC1. The molecule has 0 atom stereocenters. The number of likely N-dealkylation sites (N-methyl/N-ethyl adjacent to an activating group) is 1. The van der Waals surface area contributed by atoms with Crippen LogP contribution in [0.25, 0.3) is 10.9 Å². The van der Waals surface area contributed by atoms with E-state index >= 15 is 0 Å². The van der Waals surface area contributed by atoms with E-state index < -0.39 is 0 Å². The molecule has 2 heterocycles. The highest BCUT2D eigenvalue weighted by molar-refractivity contribution is 6.33. The predicted molar refractivity (Wildman–Crippen MR) is 121 cm³/mol. The Bertz CT molecular complexity index is 1150.